The van der Waals surface area contributed by atoms with E-state index in [0.29, 0.717) is 6.04 Å². The van der Waals surface area contributed by atoms with Crippen molar-refractivity contribution in [2.75, 3.05) is 19.6 Å². The summed E-state index contributed by atoms with van der Waals surface area (Å²) >= 11 is 0. The summed E-state index contributed by atoms with van der Waals surface area (Å²) in [6.45, 7) is 15.1. The molecule has 1 saturated heterocycles. The van der Waals surface area contributed by atoms with E-state index in [-0.39, 0.29) is 5.54 Å². The molecule has 1 fully saturated rings. The molecule has 0 radical (unpaired) electrons. The van der Waals surface area contributed by atoms with Gasteiger partial charge in [0.25, 0.3) is 0 Å². The molecule has 1 atom stereocenters. The second kappa shape index (κ2) is 6.93. The summed E-state index contributed by atoms with van der Waals surface area (Å²) in [5.74, 6) is 0. The lowest BCUT2D eigenvalue weighted by atomic mass is 9.84. The van der Waals surface area contributed by atoms with Crippen molar-refractivity contribution in [1.29, 1.82) is 0 Å². The maximum absolute atomic E-state index is 3.83. The Labute approximate surface area is 130 Å². The highest BCUT2D eigenvalue weighted by Crippen LogP contribution is 2.35. The van der Waals surface area contributed by atoms with Gasteiger partial charge in [-0.2, -0.15) is 0 Å². The molecule has 2 heteroatoms. The minimum Gasteiger partial charge on any atom is -0.308 e. The summed E-state index contributed by atoms with van der Waals surface area (Å²) in [7, 11) is 0. The highest BCUT2D eigenvalue weighted by atomic mass is 15.2. The van der Waals surface area contributed by atoms with Crippen LogP contribution in [0.1, 0.15) is 62.8 Å². The Kier molecular flexibility index (Phi) is 5.45. The van der Waals surface area contributed by atoms with E-state index in [1.807, 2.05) is 0 Å². The van der Waals surface area contributed by atoms with Crippen LogP contribution in [-0.2, 0) is 0 Å². The standard InChI is InChI=1S/C19H32N2/c1-6-12-20-18(17-11-9-10-15(2)16(17)3)19(4,5)21-13-7-8-14-21/h9-11,18,20H,6-8,12-14H2,1-5H3. The fraction of sp³-hybridized carbons (Fsp3) is 0.684. The van der Waals surface area contributed by atoms with Crippen LogP contribution >= 0.6 is 0 Å². The van der Waals surface area contributed by atoms with Gasteiger partial charge in [0.05, 0.1) is 6.04 Å². The third-order valence-electron chi connectivity index (χ3n) is 5.18. The number of nitrogens with zero attached hydrogens (tertiary/aromatic N) is 1. The average molecular weight is 288 g/mol. The second-order valence-corrected chi connectivity index (χ2v) is 7.02. The zero-order valence-corrected chi connectivity index (χ0v) is 14.5. The number of hydrogen-bond acceptors (Lipinski definition) is 2. The molecule has 1 aliphatic rings. The maximum Gasteiger partial charge on any atom is 0.0504 e. The fourth-order valence-electron chi connectivity index (χ4n) is 3.59. The lowest BCUT2D eigenvalue weighted by molar-refractivity contribution is 0.106. The molecule has 0 aromatic heterocycles. The summed E-state index contributed by atoms with van der Waals surface area (Å²) in [6, 6.07) is 7.14. The number of rotatable bonds is 6. The van der Waals surface area contributed by atoms with Gasteiger partial charge in [-0.1, -0.05) is 25.1 Å². The van der Waals surface area contributed by atoms with Crippen LogP contribution in [0.5, 0.6) is 0 Å². The first-order valence-electron chi connectivity index (χ1n) is 8.53. The van der Waals surface area contributed by atoms with E-state index in [1.165, 1.54) is 49.0 Å². The van der Waals surface area contributed by atoms with Crippen LogP contribution in [0, 0.1) is 13.8 Å². The smallest absolute Gasteiger partial charge is 0.0504 e. The van der Waals surface area contributed by atoms with Crippen molar-refractivity contribution in [2.24, 2.45) is 0 Å². The van der Waals surface area contributed by atoms with Gasteiger partial charge in [-0.25, -0.2) is 0 Å². The molecule has 1 aromatic rings. The van der Waals surface area contributed by atoms with E-state index in [0.717, 1.165) is 6.54 Å². The first kappa shape index (κ1) is 16.5. The number of benzene rings is 1. The van der Waals surface area contributed by atoms with Gasteiger partial charge in [-0.05, 0) is 83.3 Å². The number of likely N-dealkylation sites (tertiary alicyclic amines) is 1. The van der Waals surface area contributed by atoms with Crippen LogP contribution in [0.2, 0.25) is 0 Å². The number of nitrogens with one attached hydrogen (secondary N) is 1. The first-order valence-corrected chi connectivity index (χ1v) is 8.53. The monoisotopic (exact) mass is 288 g/mol. The molecule has 2 nitrogen and oxygen atoms in total. The summed E-state index contributed by atoms with van der Waals surface area (Å²) < 4.78 is 0. The van der Waals surface area contributed by atoms with Crippen molar-refractivity contribution < 1.29 is 0 Å². The molecule has 1 aromatic carbocycles. The molecule has 0 bridgehead atoms. The van der Waals surface area contributed by atoms with Crippen LogP contribution in [0.25, 0.3) is 0 Å². The van der Waals surface area contributed by atoms with Crippen molar-refractivity contribution in [1.82, 2.24) is 10.2 Å². The van der Waals surface area contributed by atoms with Gasteiger partial charge >= 0.3 is 0 Å². The first-order chi connectivity index (χ1) is 9.98. The fourth-order valence-corrected chi connectivity index (χ4v) is 3.59. The van der Waals surface area contributed by atoms with E-state index >= 15 is 0 Å². The van der Waals surface area contributed by atoms with Crippen molar-refractivity contribution in [3.63, 3.8) is 0 Å². The quantitative estimate of drug-likeness (QED) is 0.843. The highest BCUT2D eigenvalue weighted by Gasteiger charge is 2.37. The van der Waals surface area contributed by atoms with Gasteiger partial charge in [0, 0.05) is 5.54 Å². The Morgan fingerprint density at radius 2 is 1.86 bits per heavy atom. The molecular weight excluding hydrogens is 256 g/mol. The molecule has 0 aliphatic carbocycles. The van der Waals surface area contributed by atoms with Crippen LogP contribution in [0.3, 0.4) is 0 Å². The molecule has 0 spiro atoms. The lowest BCUT2D eigenvalue weighted by Crippen LogP contribution is -2.52. The topological polar surface area (TPSA) is 15.3 Å². The zero-order valence-electron chi connectivity index (χ0n) is 14.5. The average Bonchev–Trinajstić information content (AvgIpc) is 2.98. The molecule has 0 amide bonds. The molecule has 21 heavy (non-hydrogen) atoms. The van der Waals surface area contributed by atoms with Crippen molar-refractivity contribution in [3.05, 3.63) is 34.9 Å². The largest absolute Gasteiger partial charge is 0.308 e. The van der Waals surface area contributed by atoms with E-state index in [4.69, 9.17) is 0 Å². The summed E-state index contributed by atoms with van der Waals surface area (Å²) in [5.41, 5.74) is 4.47. The normalized spacial score (nSPS) is 18.1. The van der Waals surface area contributed by atoms with Crippen LogP contribution in [0.15, 0.2) is 18.2 Å². The Morgan fingerprint density at radius 1 is 1.19 bits per heavy atom. The summed E-state index contributed by atoms with van der Waals surface area (Å²) in [4.78, 5) is 2.67. The lowest BCUT2D eigenvalue weighted by Gasteiger charge is -2.43. The molecule has 1 unspecified atom stereocenters. The van der Waals surface area contributed by atoms with E-state index < -0.39 is 0 Å². The Hall–Kier alpha value is -0.860. The predicted octanol–water partition coefficient (Wildman–Crippen LogP) is 4.22. The Morgan fingerprint density at radius 3 is 2.48 bits per heavy atom. The van der Waals surface area contributed by atoms with Crippen molar-refractivity contribution in [2.45, 2.75) is 65.5 Å². The Bertz CT molecular complexity index is 459. The van der Waals surface area contributed by atoms with Crippen LogP contribution in [0.4, 0.5) is 0 Å². The molecule has 1 N–H and O–H groups in total. The second-order valence-electron chi connectivity index (χ2n) is 7.02. The highest BCUT2D eigenvalue weighted by molar-refractivity contribution is 5.37. The molecule has 0 saturated carbocycles. The zero-order chi connectivity index (χ0) is 15.5. The third kappa shape index (κ3) is 3.49. The van der Waals surface area contributed by atoms with Crippen molar-refractivity contribution >= 4 is 0 Å². The molecular formula is C19H32N2. The number of hydrogen-bond donors (Lipinski definition) is 1. The van der Waals surface area contributed by atoms with E-state index in [9.17, 15) is 0 Å². The van der Waals surface area contributed by atoms with Gasteiger partial charge < -0.3 is 5.32 Å². The maximum atomic E-state index is 3.83. The molecule has 2 rings (SSSR count). The SMILES string of the molecule is CCCNC(c1cccc(C)c1C)C(C)(C)N1CCCC1. The van der Waals surface area contributed by atoms with Crippen LogP contribution < -0.4 is 5.32 Å². The van der Waals surface area contributed by atoms with Crippen LogP contribution in [-0.4, -0.2) is 30.1 Å². The van der Waals surface area contributed by atoms with Gasteiger partial charge in [0.15, 0.2) is 0 Å². The molecule has 1 heterocycles. The summed E-state index contributed by atoms with van der Waals surface area (Å²) in [6.07, 6.45) is 3.87. The minimum absolute atomic E-state index is 0.157. The van der Waals surface area contributed by atoms with Gasteiger partial charge in [0.2, 0.25) is 0 Å². The Balaban J connectivity index is 2.35. The molecule has 118 valence electrons. The van der Waals surface area contributed by atoms with Gasteiger partial charge in [-0.3, -0.25) is 4.90 Å². The van der Waals surface area contributed by atoms with Gasteiger partial charge in [0.1, 0.15) is 0 Å². The molecule has 1 aliphatic heterocycles. The van der Waals surface area contributed by atoms with E-state index in [1.54, 1.807) is 0 Å². The third-order valence-corrected chi connectivity index (χ3v) is 5.18. The van der Waals surface area contributed by atoms with Gasteiger partial charge in [-0.15, -0.1) is 0 Å². The van der Waals surface area contributed by atoms with E-state index in [2.05, 4.69) is 63.0 Å². The predicted molar refractivity (Wildman–Crippen MR) is 91.8 cm³/mol. The summed E-state index contributed by atoms with van der Waals surface area (Å²) in [5, 5.41) is 3.83. The van der Waals surface area contributed by atoms with Crippen molar-refractivity contribution in [3.8, 4) is 0 Å². The number of aryl methyl sites for hydroxylation is 1. The minimum atomic E-state index is 0.157.